The molecule has 0 spiro atoms. The van der Waals surface area contributed by atoms with Crippen molar-refractivity contribution in [1.29, 1.82) is 0 Å². The minimum Gasteiger partial charge on any atom is -0.345 e. The first-order valence-electron chi connectivity index (χ1n) is 10.4. The second kappa shape index (κ2) is 8.95. The number of fused-ring (bicyclic) bond motifs is 1. The molecule has 0 aliphatic rings. The molecule has 0 unspecified atom stereocenters. The third kappa shape index (κ3) is 4.24. The number of halogens is 1. The summed E-state index contributed by atoms with van der Waals surface area (Å²) in [4.78, 5) is 37.3. The van der Waals surface area contributed by atoms with Gasteiger partial charge in [0, 0.05) is 28.7 Å². The Balaban J connectivity index is 1.43. The van der Waals surface area contributed by atoms with E-state index >= 15 is 0 Å². The highest BCUT2D eigenvalue weighted by atomic mass is 19.1. The zero-order valence-corrected chi connectivity index (χ0v) is 17.7. The van der Waals surface area contributed by atoms with Crippen molar-refractivity contribution in [3.8, 4) is 0 Å². The second-order valence-corrected chi connectivity index (χ2v) is 7.51. The highest BCUT2D eigenvalue weighted by Crippen LogP contribution is 2.28. The molecular formula is C26H18FN5O2. The molecule has 3 aromatic carbocycles. The molecule has 34 heavy (non-hydrogen) atoms. The van der Waals surface area contributed by atoms with E-state index in [1.54, 1.807) is 54.7 Å². The van der Waals surface area contributed by atoms with Gasteiger partial charge < -0.3 is 15.6 Å². The third-order valence-corrected chi connectivity index (χ3v) is 5.24. The van der Waals surface area contributed by atoms with Gasteiger partial charge in [-0.1, -0.05) is 36.4 Å². The number of H-pyrrole nitrogens is 1. The van der Waals surface area contributed by atoms with Crippen LogP contribution in [0, 0.1) is 5.82 Å². The van der Waals surface area contributed by atoms with Gasteiger partial charge in [0.2, 0.25) is 0 Å². The van der Waals surface area contributed by atoms with Crippen LogP contribution in [0.1, 0.15) is 26.3 Å². The number of rotatable bonds is 6. The van der Waals surface area contributed by atoms with Crippen molar-refractivity contribution < 1.29 is 14.0 Å². The molecule has 0 aliphatic carbocycles. The van der Waals surface area contributed by atoms with Crippen molar-refractivity contribution in [2.45, 2.75) is 0 Å². The van der Waals surface area contributed by atoms with E-state index in [2.05, 4.69) is 25.6 Å². The van der Waals surface area contributed by atoms with Gasteiger partial charge >= 0.3 is 0 Å². The smallest absolute Gasteiger partial charge is 0.255 e. The molecule has 3 N–H and O–H groups in total. The summed E-state index contributed by atoms with van der Waals surface area (Å²) in [6.07, 6.45) is 3.01. The van der Waals surface area contributed by atoms with Gasteiger partial charge in [0.05, 0.1) is 10.9 Å². The molecule has 2 heterocycles. The van der Waals surface area contributed by atoms with Crippen molar-refractivity contribution in [2.24, 2.45) is 0 Å². The maximum absolute atomic E-state index is 13.1. The van der Waals surface area contributed by atoms with Crippen LogP contribution in [0.25, 0.3) is 11.0 Å². The summed E-state index contributed by atoms with van der Waals surface area (Å²) in [5.74, 6) is -0.446. The van der Waals surface area contributed by atoms with Gasteiger partial charge in [-0.05, 0) is 42.5 Å². The number of hydrogen-bond donors (Lipinski definition) is 3. The Bertz CT molecular complexity index is 1500. The first-order chi connectivity index (χ1) is 16.6. The summed E-state index contributed by atoms with van der Waals surface area (Å²) < 4.78 is 13.1. The quantitative estimate of drug-likeness (QED) is 0.303. The lowest BCUT2D eigenvalue weighted by Gasteiger charge is -2.10. The molecule has 5 rings (SSSR count). The maximum Gasteiger partial charge on any atom is 0.255 e. The third-order valence-electron chi connectivity index (χ3n) is 5.24. The average Bonchev–Trinajstić information content (AvgIpc) is 3.31. The summed E-state index contributed by atoms with van der Waals surface area (Å²) in [5, 5.41) is 6.48. The van der Waals surface area contributed by atoms with Crippen molar-refractivity contribution in [3.63, 3.8) is 0 Å². The molecule has 0 radical (unpaired) electrons. The molecule has 0 saturated heterocycles. The molecule has 7 nitrogen and oxygen atoms in total. The fourth-order valence-electron chi connectivity index (χ4n) is 3.59. The number of nitrogens with one attached hydrogen (secondary N) is 3. The van der Waals surface area contributed by atoms with Crippen LogP contribution in [0.2, 0.25) is 0 Å². The van der Waals surface area contributed by atoms with Crippen molar-refractivity contribution >= 4 is 39.9 Å². The molecular weight excluding hydrogens is 433 g/mol. The van der Waals surface area contributed by atoms with Gasteiger partial charge in [0.25, 0.3) is 5.91 Å². The largest absolute Gasteiger partial charge is 0.345 e. The molecule has 166 valence electrons. The zero-order chi connectivity index (χ0) is 23.5. The predicted molar refractivity (Wildman–Crippen MR) is 128 cm³/mol. The Kier molecular flexibility index (Phi) is 5.53. The van der Waals surface area contributed by atoms with E-state index in [0.29, 0.717) is 44.9 Å². The second-order valence-electron chi connectivity index (χ2n) is 7.51. The lowest BCUT2D eigenvalue weighted by atomic mass is 10.0. The number of amides is 1. The number of nitrogens with zero attached hydrogens (tertiary/aromatic N) is 2. The van der Waals surface area contributed by atoms with Gasteiger partial charge in [-0.25, -0.2) is 14.4 Å². The Labute approximate surface area is 193 Å². The molecule has 0 bridgehead atoms. The number of aromatic nitrogens is 3. The normalized spacial score (nSPS) is 10.7. The molecule has 8 heteroatoms. The minimum atomic E-state index is -0.379. The number of benzene rings is 3. The highest BCUT2D eigenvalue weighted by molar-refractivity contribution is 6.18. The summed E-state index contributed by atoms with van der Waals surface area (Å²) in [5.41, 5.74) is 2.99. The zero-order valence-electron chi connectivity index (χ0n) is 17.7. The SMILES string of the molecule is O=C(Nc1ccc(F)cc1)c1cccc(Nc2ncnc3[nH]cc(C(=O)c4ccccc4)c23)c1. The maximum atomic E-state index is 13.1. The van der Waals surface area contributed by atoms with E-state index in [-0.39, 0.29) is 17.5 Å². The molecule has 2 aromatic heterocycles. The van der Waals surface area contributed by atoms with E-state index in [1.807, 2.05) is 6.07 Å². The Hall–Kier alpha value is -4.85. The standard InChI is InChI=1S/C26H18FN5O2/c27-18-9-11-19(12-10-18)32-26(34)17-7-4-8-20(13-17)31-25-22-21(14-28-24(22)29-15-30-25)23(33)16-5-2-1-3-6-16/h1-15H,(H,32,34)(H2,28,29,30,31). The average molecular weight is 451 g/mol. The topological polar surface area (TPSA) is 99.8 Å². The Morgan fingerprint density at radius 2 is 1.59 bits per heavy atom. The molecule has 0 fully saturated rings. The van der Waals surface area contributed by atoms with Gasteiger partial charge in [0.1, 0.15) is 23.6 Å². The summed E-state index contributed by atoms with van der Waals surface area (Å²) in [6.45, 7) is 0. The number of ketones is 1. The minimum absolute atomic E-state index is 0.155. The van der Waals surface area contributed by atoms with E-state index < -0.39 is 0 Å². The highest BCUT2D eigenvalue weighted by Gasteiger charge is 2.19. The number of anilines is 3. The molecule has 0 aliphatic heterocycles. The first-order valence-corrected chi connectivity index (χ1v) is 10.4. The monoisotopic (exact) mass is 451 g/mol. The van der Waals surface area contributed by atoms with Crippen LogP contribution < -0.4 is 10.6 Å². The van der Waals surface area contributed by atoms with E-state index in [1.165, 1.54) is 30.6 Å². The van der Waals surface area contributed by atoms with E-state index in [9.17, 15) is 14.0 Å². The van der Waals surface area contributed by atoms with Crippen LogP contribution in [0.3, 0.4) is 0 Å². The van der Waals surface area contributed by atoms with Gasteiger partial charge in [-0.2, -0.15) is 0 Å². The number of carbonyl (C=O) groups excluding carboxylic acids is 2. The number of hydrogen-bond acceptors (Lipinski definition) is 5. The van der Waals surface area contributed by atoms with Crippen LogP contribution in [0.15, 0.2) is 91.4 Å². The molecule has 0 saturated carbocycles. The Morgan fingerprint density at radius 3 is 2.38 bits per heavy atom. The fourth-order valence-corrected chi connectivity index (χ4v) is 3.59. The van der Waals surface area contributed by atoms with Gasteiger partial charge in [-0.15, -0.1) is 0 Å². The van der Waals surface area contributed by atoms with Gasteiger partial charge in [-0.3, -0.25) is 9.59 Å². The van der Waals surface area contributed by atoms with E-state index in [0.717, 1.165) is 0 Å². The summed E-state index contributed by atoms with van der Waals surface area (Å²) >= 11 is 0. The van der Waals surface area contributed by atoms with Crippen molar-refractivity contribution in [3.05, 3.63) is 114 Å². The lowest BCUT2D eigenvalue weighted by molar-refractivity contribution is 0.102. The van der Waals surface area contributed by atoms with E-state index in [4.69, 9.17) is 0 Å². The van der Waals surface area contributed by atoms with Crippen LogP contribution in [0.5, 0.6) is 0 Å². The first kappa shape index (κ1) is 21.0. The van der Waals surface area contributed by atoms with Crippen LogP contribution >= 0.6 is 0 Å². The van der Waals surface area contributed by atoms with Crippen LogP contribution in [-0.2, 0) is 0 Å². The fraction of sp³-hybridized carbons (Fsp3) is 0. The lowest BCUT2D eigenvalue weighted by Crippen LogP contribution is -2.12. The summed E-state index contributed by atoms with van der Waals surface area (Å²) in [7, 11) is 0. The molecule has 0 atom stereocenters. The number of carbonyl (C=O) groups is 2. The van der Waals surface area contributed by atoms with Gasteiger partial charge in [0.15, 0.2) is 5.78 Å². The van der Waals surface area contributed by atoms with Crippen molar-refractivity contribution in [1.82, 2.24) is 15.0 Å². The molecule has 1 amide bonds. The predicted octanol–water partition coefficient (Wildman–Crippen LogP) is 5.32. The van der Waals surface area contributed by atoms with Crippen LogP contribution in [-0.4, -0.2) is 26.6 Å². The van der Waals surface area contributed by atoms with Crippen LogP contribution in [0.4, 0.5) is 21.6 Å². The summed E-state index contributed by atoms with van der Waals surface area (Å²) in [6, 6.07) is 21.3. The Morgan fingerprint density at radius 1 is 0.824 bits per heavy atom. The molecule has 5 aromatic rings. The van der Waals surface area contributed by atoms with Crippen molar-refractivity contribution in [2.75, 3.05) is 10.6 Å². The number of aromatic amines is 1.